The summed E-state index contributed by atoms with van der Waals surface area (Å²) in [5.74, 6) is -0.430. The Kier molecular flexibility index (Phi) is 5.94. The van der Waals surface area contributed by atoms with Crippen LogP contribution < -0.4 is 0 Å². The van der Waals surface area contributed by atoms with Gasteiger partial charge in [0, 0.05) is 31.7 Å². The molecule has 0 bridgehead atoms. The smallest absolute Gasteiger partial charge is 0.328 e. The predicted octanol–water partition coefficient (Wildman–Crippen LogP) is 2.07. The van der Waals surface area contributed by atoms with Crippen molar-refractivity contribution >= 4 is 11.9 Å². The van der Waals surface area contributed by atoms with Crippen molar-refractivity contribution < 1.29 is 19.1 Å². The zero-order valence-corrected chi connectivity index (χ0v) is 15.8. The molecule has 2 fully saturated rings. The maximum atomic E-state index is 12.8. The van der Waals surface area contributed by atoms with Gasteiger partial charge in [-0.05, 0) is 44.4 Å². The van der Waals surface area contributed by atoms with Crippen LogP contribution in [-0.4, -0.2) is 66.7 Å². The van der Waals surface area contributed by atoms with E-state index in [0.29, 0.717) is 18.5 Å². The van der Waals surface area contributed by atoms with E-state index >= 15 is 0 Å². The van der Waals surface area contributed by atoms with Crippen molar-refractivity contribution in [1.29, 1.82) is 0 Å². The molecule has 6 nitrogen and oxygen atoms in total. The maximum Gasteiger partial charge on any atom is 0.328 e. The van der Waals surface area contributed by atoms with E-state index in [4.69, 9.17) is 9.47 Å². The first-order valence-electron chi connectivity index (χ1n) is 9.33. The van der Waals surface area contributed by atoms with E-state index in [2.05, 4.69) is 18.7 Å². The lowest BCUT2D eigenvalue weighted by Gasteiger charge is -2.35. The minimum Gasteiger partial charge on any atom is -0.467 e. The van der Waals surface area contributed by atoms with Crippen LogP contribution in [0.1, 0.15) is 42.6 Å². The number of likely N-dealkylation sites (tertiary alicyclic amines) is 1. The lowest BCUT2D eigenvalue weighted by atomic mass is 10.1. The molecule has 0 radical (unpaired) electrons. The quantitative estimate of drug-likeness (QED) is 0.770. The number of hydrogen-bond donors (Lipinski definition) is 0. The number of methoxy groups -OCH3 is 1. The first-order valence-corrected chi connectivity index (χ1v) is 9.33. The van der Waals surface area contributed by atoms with Gasteiger partial charge in [0.15, 0.2) is 0 Å². The average Bonchev–Trinajstić information content (AvgIpc) is 3.10. The van der Waals surface area contributed by atoms with Crippen molar-refractivity contribution in [1.82, 2.24) is 9.80 Å². The molecule has 0 N–H and O–H groups in total. The Labute approximate surface area is 155 Å². The van der Waals surface area contributed by atoms with Crippen molar-refractivity contribution in [2.75, 3.05) is 26.7 Å². The molecule has 2 aliphatic heterocycles. The van der Waals surface area contributed by atoms with Crippen LogP contribution in [0.2, 0.25) is 0 Å². The molecule has 142 valence electrons. The molecule has 0 aromatic heterocycles. The van der Waals surface area contributed by atoms with Crippen LogP contribution in [0.4, 0.5) is 0 Å². The standard InChI is InChI=1S/C20H28N2O4/c1-14-11-21(12-15(2)26-14)13-16-6-8-17(9-7-16)19(23)22-10-4-5-18(22)20(24)25-3/h6-9,14-15,18H,4-5,10-13H2,1-3H3. The number of hydrogen-bond acceptors (Lipinski definition) is 5. The molecule has 3 unspecified atom stereocenters. The van der Waals surface area contributed by atoms with Crippen molar-refractivity contribution in [3.63, 3.8) is 0 Å². The number of amides is 1. The SMILES string of the molecule is COC(=O)C1CCCN1C(=O)c1ccc(CN2CC(C)OC(C)C2)cc1. The molecule has 1 amide bonds. The Morgan fingerprint density at radius 1 is 1.15 bits per heavy atom. The summed E-state index contributed by atoms with van der Waals surface area (Å²) in [6, 6.07) is 7.26. The third-order valence-corrected chi connectivity index (χ3v) is 5.09. The van der Waals surface area contributed by atoms with Gasteiger partial charge in [0.1, 0.15) is 6.04 Å². The Bertz CT molecular complexity index is 636. The van der Waals surface area contributed by atoms with Crippen molar-refractivity contribution in [3.05, 3.63) is 35.4 Å². The fraction of sp³-hybridized carbons (Fsp3) is 0.600. The summed E-state index contributed by atoms with van der Waals surface area (Å²) in [5, 5.41) is 0. The normalized spacial score (nSPS) is 26.7. The van der Waals surface area contributed by atoms with Crippen LogP contribution >= 0.6 is 0 Å². The topological polar surface area (TPSA) is 59.1 Å². The summed E-state index contributed by atoms with van der Waals surface area (Å²) >= 11 is 0. The number of carbonyl (C=O) groups is 2. The second-order valence-corrected chi connectivity index (χ2v) is 7.33. The van der Waals surface area contributed by atoms with Gasteiger partial charge in [-0.3, -0.25) is 9.69 Å². The van der Waals surface area contributed by atoms with E-state index in [1.807, 2.05) is 24.3 Å². The largest absolute Gasteiger partial charge is 0.467 e. The third-order valence-electron chi connectivity index (χ3n) is 5.09. The molecule has 1 aromatic rings. The second-order valence-electron chi connectivity index (χ2n) is 7.33. The molecule has 2 saturated heterocycles. The third kappa shape index (κ3) is 4.24. The van der Waals surface area contributed by atoms with Crippen LogP contribution in [0.15, 0.2) is 24.3 Å². The summed E-state index contributed by atoms with van der Waals surface area (Å²) in [4.78, 5) is 28.6. The van der Waals surface area contributed by atoms with Crippen LogP contribution in [0.25, 0.3) is 0 Å². The minimum atomic E-state index is -0.455. The highest BCUT2D eigenvalue weighted by atomic mass is 16.5. The molecular weight excluding hydrogens is 332 g/mol. The minimum absolute atomic E-state index is 0.0990. The lowest BCUT2D eigenvalue weighted by molar-refractivity contribution is -0.145. The first kappa shape index (κ1) is 18.9. The number of carbonyl (C=O) groups excluding carboxylic acids is 2. The zero-order valence-electron chi connectivity index (χ0n) is 15.8. The number of nitrogens with zero attached hydrogens (tertiary/aromatic N) is 2. The van der Waals surface area contributed by atoms with Gasteiger partial charge in [0.2, 0.25) is 0 Å². The van der Waals surface area contributed by atoms with Crippen molar-refractivity contribution in [3.8, 4) is 0 Å². The van der Waals surface area contributed by atoms with E-state index in [-0.39, 0.29) is 24.1 Å². The van der Waals surface area contributed by atoms with E-state index in [0.717, 1.165) is 26.1 Å². The predicted molar refractivity (Wildman–Crippen MR) is 97.8 cm³/mol. The van der Waals surface area contributed by atoms with Gasteiger partial charge in [-0.15, -0.1) is 0 Å². The number of benzene rings is 1. The van der Waals surface area contributed by atoms with Gasteiger partial charge < -0.3 is 14.4 Å². The summed E-state index contributed by atoms with van der Waals surface area (Å²) in [6.45, 7) is 7.47. The van der Waals surface area contributed by atoms with E-state index in [9.17, 15) is 9.59 Å². The van der Waals surface area contributed by atoms with Crippen LogP contribution in [0, 0.1) is 0 Å². The molecule has 2 aliphatic rings. The molecule has 0 saturated carbocycles. The van der Waals surface area contributed by atoms with Gasteiger partial charge in [-0.1, -0.05) is 12.1 Å². The van der Waals surface area contributed by atoms with Gasteiger partial charge in [0.05, 0.1) is 19.3 Å². The number of ether oxygens (including phenoxy) is 2. The number of morpholine rings is 1. The molecule has 3 atom stereocenters. The summed E-state index contributed by atoms with van der Waals surface area (Å²) in [6.07, 6.45) is 1.98. The molecule has 2 heterocycles. The Morgan fingerprint density at radius 3 is 2.42 bits per heavy atom. The average molecular weight is 360 g/mol. The molecule has 26 heavy (non-hydrogen) atoms. The van der Waals surface area contributed by atoms with Gasteiger partial charge in [0.25, 0.3) is 5.91 Å². The highest BCUT2D eigenvalue weighted by Gasteiger charge is 2.35. The lowest BCUT2D eigenvalue weighted by Crippen LogP contribution is -2.44. The Morgan fingerprint density at radius 2 is 1.81 bits per heavy atom. The summed E-state index contributed by atoms with van der Waals surface area (Å²) in [7, 11) is 1.37. The van der Waals surface area contributed by atoms with Gasteiger partial charge >= 0.3 is 5.97 Å². The van der Waals surface area contributed by atoms with Crippen molar-refractivity contribution in [2.24, 2.45) is 0 Å². The van der Waals surface area contributed by atoms with Crippen LogP contribution in [-0.2, 0) is 20.8 Å². The monoisotopic (exact) mass is 360 g/mol. The fourth-order valence-electron chi connectivity index (χ4n) is 3.98. The molecule has 0 spiro atoms. The summed E-state index contributed by atoms with van der Waals surface area (Å²) < 4.78 is 10.6. The van der Waals surface area contributed by atoms with Gasteiger partial charge in [-0.2, -0.15) is 0 Å². The zero-order chi connectivity index (χ0) is 18.7. The second kappa shape index (κ2) is 8.18. The summed E-state index contributed by atoms with van der Waals surface area (Å²) in [5.41, 5.74) is 1.79. The fourth-order valence-corrected chi connectivity index (χ4v) is 3.98. The van der Waals surface area contributed by atoms with E-state index in [1.165, 1.54) is 12.7 Å². The Hall–Kier alpha value is -1.92. The van der Waals surface area contributed by atoms with Crippen LogP contribution in [0.3, 0.4) is 0 Å². The van der Waals surface area contributed by atoms with E-state index in [1.54, 1.807) is 4.90 Å². The van der Waals surface area contributed by atoms with Gasteiger partial charge in [-0.25, -0.2) is 4.79 Å². The number of esters is 1. The number of rotatable bonds is 4. The first-order chi connectivity index (χ1) is 12.5. The molecule has 0 aliphatic carbocycles. The van der Waals surface area contributed by atoms with Crippen LogP contribution in [0.5, 0.6) is 0 Å². The molecular formula is C20H28N2O4. The highest BCUT2D eigenvalue weighted by Crippen LogP contribution is 2.22. The van der Waals surface area contributed by atoms with Crippen molar-refractivity contribution in [2.45, 2.75) is 51.5 Å². The highest BCUT2D eigenvalue weighted by molar-refractivity contribution is 5.97. The molecule has 1 aromatic carbocycles. The molecule has 6 heteroatoms. The molecule has 3 rings (SSSR count). The maximum absolute atomic E-state index is 12.8. The van der Waals surface area contributed by atoms with E-state index < -0.39 is 6.04 Å². The Balaban J connectivity index is 1.63.